The first-order valence-electron chi connectivity index (χ1n) is 7.33. The fraction of sp³-hybridized carbons (Fsp3) is 0.267. The predicted molar refractivity (Wildman–Crippen MR) is 98.5 cm³/mol. The van der Waals surface area contributed by atoms with Crippen molar-refractivity contribution in [2.75, 3.05) is 5.32 Å². The number of nitrogens with zero attached hydrogens (tertiary/aromatic N) is 5. The molecular weight excluding hydrogens is 383 g/mol. The lowest BCUT2D eigenvalue weighted by atomic mass is 10.4. The van der Waals surface area contributed by atoms with Gasteiger partial charge in [0.15, 0.2) is 5.82 Å². The van der Waals surface area contributed by atoms with Gasteiger partial charge in [0.1, 0.15) is 0 Å². The maximum absolute atomic E-state index is 12.3. The van der Waals surface area contributed by atoms with Crippen LogP contribution in [-0.2, 0) is 4.79 Å². The molecular formula is C15H14Cl2N6OS. The third-order valence-corrected chi connectivity index (χ3v) is 4.75. The smallest absolute Gasteiger partial charge is 0.253 e. The van der Waals surface area contributed by atoms with Crippen LogP contribution in [0.1, 0.15) is 18.3 Å². The molecule has 0 aromatic carbocycles. The molecule has 1 amide bonds. The number of aromatic nitrogens is 5. The van der Waals surface area contributed by atoms with Gasteiger partial charge in [0, 0.05) is 17.6 Å². The average Bonchev–Trinajstić information content (AvgIpc) is 2.92. The van der Waals surface area contributed by atoms with Gasteiger partial charge in [-0.15, -0.1) is 5.10 Å². The van der Waals surface area contributed by atoms with E-state index in [0.717, 1.165) is 11.4 Å². The molecule has 3 aromatic heterocycles. The van der Waals surface area contributed by atoms with Gasteiger partial charge in [-0.3, -0.25) is 4.79 Å². The molecule has 0 aliphatic rings. The van der Waals surface area contributed by atoms with Crippen LogP contribution in [0.3, 0.4) is 0 Å². The molecule has 25 heavy (non-hydrogen) atoms. The van der Waals surface area contributed by atoms with Crippen LogP contribution in [0.5, 0.6) is 0 Å². The Morgan fingerprint density at radius 1 is 1.28 bits per heavy atom. The summed E-state index contributed by atoms with van der Waals surface area (Å²) in [5, 5.41) is 7.75. The van der Waals surface area contributed by atoms with Crippen molar-refractivity contribution in [3.63, 3.8) is 0 Å². The van der Waals surface area contributed by atoms with E-state index in [0.29, 0.717) is 16.0 Å². The van der Waals surface area contributed by atoms with Crippen molar-refractivity contribution in [3.8, 4) is 0 Å². The molecule has 3 heterocycles. The van der Waals surface area contributed by atoms with Crippen molar-refractivity contribution in [2.24, 2.45) is 0 Å². The van der Waals surface area contributed by atoms with Gasteiger partial charge < -0.3 is 5.32 Å². The van der Waals surface area contributed by atoms with E-state index >= 15 is 0 Å². The second-order valence-electron chi connectivity index (χ2n) is 5.38. The lowest BCUT2D eigenvalue weighted by molar-refractivity contribution is -0.115. The molecule has 0 bridgehead atoms. The lowest BCUT2D eigenvalue weighted by Gasteiger charge is -2.10. The van der Waals surface area contributed by atoms with Gasteiger partial charge in [-0.1, -0.05) is 35.0 Å². The number of carbonyl (C=O) groups excluding carboxylic acids is 1. The molecule has 3 rings (SSSR count). The SMILES string of the molecule is Cc1cc(C)n2nc(S[C@H](C)C(=O)Nc3ncc(Cl)cc3Cl)nc2n1. The van der Waals surface area contributed by atoms with Crippen molar-refractivity contribution >= 4 is 52.5 Å². The maximum Gasteiger partial charge on any atom is 0.253 e. The number of hydrogen-bond acceptors (Lipinski definition) is 6. The van der Waals surface area contributed by atoms with Gasteiger partial charge >= 0.3 is 0 Å². The van der Waals surface area contributed by atoms with E-state index in [-0.39, 0.29) is 16.7 Å². The molecule has 0 aliphatic heterocycles. The number of pyridine rings is 1. The molecule has 7 nitrogen and oxygen atoms in total. The standard InChI is InChI=1S/C15H14Cl2N6OS/c1-7-4-8(2)23-14(19-7)21-15(22-23)25-9(3)13(24)20-12-11(17)5-10(16)6-18-12/h4-6,9H,1-3H3,(H,18,20,24)/t9-/m1/s1. The molecule has 130 valence electrons. The number of hydrogen-bond donors (Lipinski definition) is 1. The number of carbonyl (C=O) groups is 1. The van der Waals surface area contributed by atoms with Crippen LogP contribution in [-0.4, -0.2) is 35.7 Å². The Kier molecular flexibility index (Phi) is 5.12. The third-order valence-electron chi connectivity index (χ3n) is 3.30. The van der Waals surface area contributed by atoms with Crippen molar-refractivity contribution in [1.29, 1.82) is 0 Å². The van der Waals surface area contributed by atoms with Gasteiger partial charge in [0.25, 0.3) is 5.78 Å². The summed E-state index contributed by atoms with van der Waals surface area (Å²) in [6.45, 7) is 5.57. The highest BCUT2D eigenvalue weighted by Crippen LogP contribution is 2.25. The Morgan fingerprint density at radius 3 is 2.76 bits per heavy atom. The van der Waals surface area contributed by atoms with E-state index in [9.17, 15) is 4.79 Å². The minimum absolute atomic E-state index is 0.263. The normalized spacial score (nSPS) is 12.4. The van der Waals surface area contributed by atoms with Gasteiger partial charge in [-0.2, -0.15) is 4.98 Å². The van der Waals surface area contributed by atoms with Gasteiger partial charge in [0.2, 0.25) is 11.1 Å². The number of aryl methyl sites for hydroxylation is 2. The average molecular weight is 397 g/mol. The zero-order chi connectivity index (χ0) is 18.1. The molecule has 0 saturated heterocycles. The molecule has 0 spiro atoms. The van der Waals surface area contributed by atoms with Crippen LogP contribution in [0.15, 0.2) is 23.5 Å². The van der Waals surface area contributed by atoms with E-state index in [4.69, 9.17) is 23.2 Å². The van der Waals surface area contributed by atoms with Crippen LogP contribution in [0, 0.1) is 13.8 Å². The summed E-state index contributed by atoms with van der Waals surface area (Å²) >= 11 is 13.0. The third kappa shape index (κ3) is 4.02. The first-order chi connectivity index (χ1) is 11.8. The van der Waals surface area contributed by atoms with Gasteiger partial charge in [-0.05, 0) is 32.9 Å². The molecule has 0 saturated carbocycles. The summed E-state index contributed by atoms with van der Waals surface area (Å²) in [6.07, 6.45) is 1.42. The minimum atomic E-state index is -0.452. The number of rotatable bonds is 4. The van der Waals surface area contributed by atoms with Crippen LogP contribution >= 0.6 is 35.0 Å². The Labute approximate surface area is 158 Å². The lowest BCUT2D eigenvalue weighted by Crippen LogP contribution is -2.23. The fourth-order valence-corrected chi connectivity index (χ4v) is 3.31. The number of halogens is 2. The van der Waals surface area contributed by atoms with Crippen LogP contribution < -0.4 is 5.32 Å². The van der Waals surface area contributed by atoms with Crippen molar-refractivity contribution < 1.29 is 4.79 Å². The Bertz CT molecular complexity index is 961. The Morgan fingerprint density at radius 2 is 2.04 bits per heavy atom. The van der Waals surface area contributed by atoms with Crippen molar-refractivity contribution in [3.05, 3.63) is 39.8 Å². The molecule has 0 fully saturated rings. The number of amides is 1. The molecule has 3 aromatic rings. The first kappa shape index (κ1) is 17.9. The van der Waals surface area contributed by atoms with Crippen molar-refractivity contribution in [2.45, 2.75) is 31.2 Å². The summed E-state index contributed by atoms with van der Waals surface area (Å²) in [5.74, 6) is 0.510. The zero-order valence-electron chi connectivity index (χ0n) is 13.6. The number of fused-ring (bicyclic) bond motifs is 1. The van der Waals surface area contributed by atoms with E-state index in [1.807, 2.05) is 19.9 Å². The Hall–Kier alpha value is -1.90. The summed E-state index contributed by atoms with van der Waals surface area (Å²) < 4.78 is 1.65. The molecule has 10 heteroatoms. The maximum atomic E-state index is 12.3. The zero-order valence-corrected chi connectivity index (χ0v) is 15.9. The van der Waals surface area contributed by atoms with E-state index in [2.05, 4.69) is 25.4 Å². The highest BCUT2D eigenvalue weighted by molar-refractivity contribution is 8.00. The number of thioether (sulfide) groups is 1. The molecule has 0 aliphatic carbocycles. The molecule has 0 unspecified atom stereocenters. The molecule has 1 N–H and O–H groups in total. The van der Waals surface area contributed by atoms with Crippen molar-refractivity contribution in [1.82, 2.24) is 24.6 Å². The number of anilines is 1. The largest absolute Gasteiger partial charge is 0.308 e. The summed E-state index contributed by atoms with van der Waals surface area (Å²) in [6, 6.07) is 3.43. The molecule has 1 atom stereocenters. The van der Waals surface area contributed by atoms with Crippen LogP contribution in [0.2, 0.25) is 10.0 Å². The first-order valence-corrected chi connectivity index (χ1v) is 8.96. The second-order valence-corrected chi connectivity index (χ2v) is 7.53. The summed E-state index contributed by atoms with van der Waals surface area (Å²) in [5.41, 5.74) is 1.79. The van der Waals surface area contributed by atoms with E-state index in [1.165, 1.54) is 24.0 Å². The van der Waals surface area contributed by atoms with Crippen LogP contribution in [0.4, 0.5) is 5.82 Å². The summed E-state index contributed by atoms with van der Waals surface area (Å²) in [4.78, 5) is 25.1. The van der Waals surface area contributed by atoms with Gasteiger partial charge in [0.05, 0.1) is 15.3 Å². The quantitative estimate of drug-likeness (QED) is 0.678. The number of nitrogens with one attached hydrogen (secondary N) is 1. The topological polar surface area (TPSA) is 85.1 Å². The highest BCUT2D eigenvalue weighted by atomic mass is 35.5. The second kappa shape index (κ2) is 7.15. The Balaban J connectivity index is 1.74. The fourth-order valence-electron chi connectivity index (χ4n) is 2.13. The highest BCUT2D eigenvalue weighted by Gasteiger charge is 2.19. The van der Waals surface area contributed by atoms with E-state index in [1.54, 1.807) is 11.4 Å². The van der Waals surface area contributed by atoms with Crippen LogP contribution in [0.25, 0.3) is 5.78 Å². The predicted octanol–water partition coefficient (Wildman–Crippen LogP) is 3.56. The van der Waals surface area contributed by atoms with E-state index < -0.39 is 5.25 Å². The summed E-state index contributed by atoms with van der Waals surface area (Å²) in [7, 11) is 0. The molecule has 0 radical (unpaired) electrons. The monoisotopic (exact) mass is 396 g/mol. The minimum Gasteiger partial charge on any atom is -0.308 e. The van der Waals surface area contributed by atoms with Gasteiger partial charge in [-0.25, -0.2) is 14.5 Å².